The Morgan fingerprint density at radius 1 is 1.15 bits per heavy atom. The predicted molar refractivity (Wildman–Crippen MR) is 84.4 cm³/mol. The summed E-state index contributed by atoms with van der Waals surface area (Å²) >= 11 is 0. The molecule has 2 unspecified atom stereocenters. The lowest BCUT2D eigenvalue weighted by atomic mass is 9.78. The van der Waals surface area contributed by atoms with Gasteiger partial charge in [0.1, 0.15) is 5.82 Å². The summed E-state index contributed by atoms with van der Waals surface area (Å²) < 4.78 is 13.1. The average molecular weight is 274 g/mol. The maximum Gasteiger partial charge on any atom is 0.123 e. The number of hydrogen-bond donors (Lipinski definition) is 0. The lowest BCUT2D eigenvalue weighted by molar-refractivity contribution is 0.414. The second-order valence-corrected chi connectivity index (χ2v) is 6.24. The third-order valence-electron chi connectivity index (χ3n) is 4.60. The Balaban J connectivity index is 2.15. The molecule has 0 N–H and O–H groups in total. The summed E-state index contributed by atoms with van der Waals surface area (Å²) in [5, 5.41) is 0. The smallest absolute Gasteiger partial charge is 0.123 e. The average Bonchev–Trinajstić information content (AvgIpc) is 2.47. The lowest BCUT2D eigenvalue weighted by Crippen LogP contribution is -2.12. The number of allylic oxidation sites excluding steroid dienone is 2. The van der Waals surface area contributed by atoms with Crippen LogP contribution < -0.4 is 0 Å². The fraction of sp³-hybridized carbons (Fsp3) is 0.579. The molecule has 0 aliphatic heterocycles. The highest BCUT2D eigenvalue weighted by atomic mass is 19.1. The maximum absolute atomic E-state index is 13.1. The molecule has 0 fully saturated rings. The lowest BCUT2D eigenvalue weighted by Gasteiger charge is -2.27. The molecule has 0 nitrogen and oxygen atoms in total. The Morgan fingerprint density at radius 3 is 2.50 bits per heavy atom. The van der Waals surface area contributed by atoms with Crippen LogP contribution >= 0.6 is 0 Å². The van der Waals surface area contributed by atoms with Gasteiger partial charge in [-0.05, 0) is 61.6 Å². The van der Waals surface area contributed by atoms with Crippen molar-refractivity contribution in [3.8, 4) is 0 Å². The summed E-state index contributed by atoms with van der Waals surface area (Å²) in [7, 11) is 0. The van der Waals surface area contributed by atoms with Gasteiger partial charge in [0, 0.05) is 0 Å². The monoisotopic (exact) mass is 274 g/mol. The highest BCUT2D eigenvalue weighted by molar-refractivity contribution is 5.24. The molecule has 110 valence electrons. The molecule has 1 aliphatic carbocycles. The van der Waals surface area contributed by atoms with Crippen molar-refractivity contribution >= 4 is 0 Å². The molecule has 0 spiro atoms. The molecule has 1 aromatic carbocycles. The van der Waals surface area contributed by atoms with Crippen molar-refractivity contribution in [1.82, 2.24) is 0 Å². The molecule has 1 aromatic rings. The normalized spacial score (nSPS) is 18.4. The van der Waals surface area contributed by atoms with Crippen molar-refractivity contribution < 1.29 is 4.39 Å². The molecule has 0 bridgehead atoms. The molecule has 0 aromatic heterocycles. The summed E-state index contributed by atoms with van der Waals surface area (Å²) in [4.78, 5) is 0. The van der Waals surface area contributed by atoms with Gasteiger partial charge in [0.2, 0.25) is 0 Å². The van der Waals surface area contributed by atoms with E-state index in [4.69, 9.17) is 0 Å². The van der Waals surface area contributed by atoms with E-state index in [0.717, 1.165) is 6.42 Å². The Labute approximate surface area is 123 Å². The highest BCUT2D eigenvalue weighted by Crippen LogP contribution is 2.36. The fourth-order valence-electron chi connectivity index (χ4n) is 3.39. The third kappa shape index (κ3) is 4.19. The SMILES string of the molecule is CCCC(C)C(CC1=CCCCC1)c1ccc(F)cc1. The molecule has 2 atom stereocenters. The molecule has 1 heteroatoms. The van der Waals surface area contributed by atoms with Gasteiger partial charge in [-0.25, -0.2) is 4.39 Å². The molecule has 0 saturated carbocycles. The largest absolute Gasteiger partial charge is 0.207 e. The van der Waals surface area contributed by atoms with Crippen LogP contribution in [-0.2, 0) is 0 Å². The topological polar surface area (TPSA) is 0 Å². The van der Waals surface area contributed by atoms with E-state index in [0.29, 0.717) is 11.8 Å². The third-order valence-corrected chi connectivity index (χ3v) is 4.60. The highest BCUT2D eigenvalue weighted by Gasteiger charge is 2.21. The van der Waals surface area contributed by atoms with Crippen LogP contribution in [0.4, 0.5) is 4.39 Å². The summed E-state index contributed by atoms with van der Waals surface area (Å²) in [6.45, 7) is 4.60. The fourth-order valence-corrected chi connectivity index (χ4v) is 3.39. The standard InChI is InChI=1S/C19H27F/c1-3-7-15(2)19(14-16-8-5-4-6-9-16)17-10-12-18(20)13-11-17/h8,10-13,15,19H,3-7,9,14H2,1-2H3. The van der Waals surface area contributed by atoms with Gasteiger partial charge in [-0.3, -0.25) is 0 Å². The molecule has 2 rings (SSSR count). The van der Waals surface area contributed by atoms with Gasteiger partial charge >= 0.3 is 0 Å². The maximum atomic E-state index is 13.1. The van der Waals surface area contributed by atoms with Gasteiger partial charge in [0.15, 0.2) is 0 Å². The van der Waals surface area contributed by atoms with Gasteiger partial charge in [-0.2, -0.15) is 0 Å². The van der Waals surface area contributed by atoms with Gasteiger partial charge in [-0.1, -0.05) is 50.5 Å². The number of halogens is 1. The molecule has 20 heavy (non-hydrogen) atoms. The van der Waals surface area contributed by atoms with Crippen LogP contribution in [0.25, 0.3) is 0 Å². The zero-order valence-corrected chi connectivity index (χ0v) is 12.9. The Hall–Kier alpha value is -1.11. The first-order valence-corrected chi connectivity index (χ1v) is 8.14. The van der Waals surface area contributed by atoms with Crippen molar-refractivity contribution in [2.24, 2.45) is 5.92 Å². The molecular weight excluding hydrogens is 247 g/mol. The van der Waals surface area contributed by atoms with Crippen molar-refractivity contribution in [2.45, 2.75) is 64.7 Å². The van der Waals surface area contributed by atoms with E-state index in [-0.39, 0.29) is 5.82 Å². The molecule has 0 saturated heterocycles. The molecule has 0 radical (unpaired) electrons. The second kappa shape index (κ2) is 7.61. The van der Waals surface area contributed by atoms with Crippen LogP contribution in [0, 0.1) is 11.7 Å². The second-order valence-electron chi connectivity index (χ2n) is 6.24. The quantitative estimate of drug-likeness (QED) is 0.539. The van der Waals surface area contributed by atoms with Crippen LogP contribution in [0.5, 0.6) is 0 Å². The number of benzene rings is 1. The van der Waals surface area contributed by atoms with Crippen LogP contribution in [0.3, 0.4) is 0 Å². The van der Waals surface area contributed by atoms with Crippen LogP contribution in [-0.4, -0.2) is 0 Å². The van der Waals surface area contributed by atoms with E-state index >= 15 is 0 Å². The minimum atomic E-state index is -0.132. The van der Waals surface area contributed by atoms with Gasteiger partial charge < -0.3 is 0 Å². The van der Waals surface area contributed by atoms with Gasteiger partial charge in [0.05, 0.1) is 0 Å². The Bertz CT molecular complexity index is 430. The van der Waals surface area contributed by atoms with E-state index < -0.39 is 0 Å². The van der Waals surface area contributed by atoms with E-state index in [1.54, 1.807) is 17.7 Å². The summed E-state index contributed by atoms with van der Waals surface area (Å²) in [6, 6.07) is 7.18. The molecule has 0 heterocycles. The van der Waals surface area contributed by atoms with Crippen LogP contribution in [0.2, 0.25) is 0 Å². The first-order chi connectivity index (χ1) is 9.70. The summed E-state index contributed by atoms with van der Waals surface area (Å²) in [5.74, 6) is 1.07. The Kier molecular flexibility index (Phi) is 5.82. The van der Waals surface area contributed by atoms with Crippen molar-refractivity contribution in [3.63, 3.8) is 0 Å². The minimum absolute atomic E-state index is 0.132. The predicted octanol–water partition coefficient (Wildman–Crippen LogP) is 6.24. The molecule has 0 amide bonds. The first-order valence-electron chi connectivity index (χ1n) is 8.14. The van der Waals surface area contributed by atoms with Gasteiger partial charge in [0.25, 0.3) is 0 Å². The summed E-state index contributed by atoms with van der Waals surface area (Å²) in [5.41, 5.74) is 2.92. The van der Waals surface area contributed by atoms with Crippen LogP contribution in [0.1, 0.15) is 70.3 Å². The van der Waals surface area contributed by atoms with Crippen molar-refractivity contribution in [1.29, 1.82) is 0 Å². The molecule has 1 aliphatic rings. The van der Waals surface area contributed by atoms with Gasteiger partial charge in [-0.15, -0.1) is 0 Å². The zero-order valence-electron chi connectivity index (χ0n) is 12.9. The minimum Gasteiger partial charge on any atom is -0.207 e. The van der Waals surface area contributed by atoms with E-state index in [1.165, 1.54) is 44.1 Å². The number of hydrogen-bond acceptors (Lipinski definition) is 0. The van der Waals surface area contributed by atoms with Crippen LogP contribution in [0.15, 0.2) is 35.9 Å². The Morgan fingerprint density at radius 2 is 1.90 bits per heavy atom. The van der Waals surface area contributed by atoms with E-state index in [9.17, 15) is 4.39 Å². The van der Waals surface area contributed by atoms with Crippen molar-refractivity contribution in [3.05, 3.63) is 47.3 Å². The van der Waals surface area contributed by atoms with Crippen molar-refractivity contribution in [2.75, 3.05) is 0 Å². The number of rotatable bonds is 6. The summed E-state index contributed by atoms with van der Waals surface area (Å²) in [6.07, 6.45) is 11.3. The van der Waals surface area contributed by atoms with E-state index in [1.807, 2.05) is 12.1 Å². The van der Waals surface area contributed by atoms with E-state index in [2.05, 4.69) is 19.9 Å². The zero-order chi connectivity index (χ0) is 14.4. The first kappa shape index (κ1) is 15.3. The molecular formula is C19H27F.